The lowest BCUT2D eigenvalue weighted by atomic mass is 9.97. The Labute approximate surface area is 111 Å². The topological polar surface area (TPSA) is 21.3 Å². The minimum atomic E-state index is 0.121. The number of allylic oxidation sites excluding steroid dienone is 1. The summed E-state index contributed by atoms with van der Waals surface area (Å²) in [6.45, 7) is 6.88. The maximum Gasteiger partial charge on any atom is 0.0973 e. The molecule has 2 nitrogen and oxygen atoms in total. The van der Waals surface area contributed by atoms with E-state index < -0.39 is 0 Å². The molecule has 18 heavy (non-hydrogen) atoms. The number of nitrogens with one attached hydrogen (secondary N) is 1. The molecular formula is C16H25NO. The SMILES string of the molecule is C=CCCCC(NCC)C(OC)c1ccccc1. The molecule has 2 unspecified atom stereocenters. The Morgan fingerprint density at radius 3 is 2.61 bits per heavy atom. The molecule has 0 radical (unpaired) electrons. The predicted molar refractivity (Wildman–Crippen MR) is 77.7 cm³/mol. The third-order valence-corrected chi connectivity index (χ3v) is 3.14. The highest BCUT2D eigenvalue weighted by Gasteiger charge is 2.21. The first kappa shape index (κ1) is 14.9. The molecular weight excluding hydrogens is 222 g/mol. The molecule has 0 bridgehead atoms. The van der Waals surface area contributed by atoms with Gasteiger partial charge in [-0.25, -0.2) is 0 Å². The Bertz CT molecular complexity index is 323. The predicted octanol–water partition coefficient (Wildman–Crippen LogP) is 3.71. The van der Waals surface area contributed by atoms with Gasteiger partial charge in [-0.05, 0) is 31.4 Å². The molecule has 0 spiro atoms. The van der Waals surface area contributed by atoms with Crippen molar-refractivity contribution in [2.24, 2.45) is 0 Å². The second-order valence-corrected chi connectivity index (χ2v) is 4.45. The second-order valence-electron chi connectivity index (χ2n) is 4.45. The van der Waals surface area contributed by atoms with Crippen molar-refractivity contribution in [2.75, 3.05) is 13.7 Å². The molecule has 1 aromatic carbocycles. The van der Waals surface area contributed by atoms with Crippen molar-refractivity contribution in [2.45, 2.75) is 38.3 Å². The van der Waals surface area contributed by atoms with Gasteiger partial charge >= 0.3 is 0 Å². The van der Waals surface area contributed by atoms with Crippen molar-refractivity contribution in [3.05, 3.63) is 48.6 Å². The molecule has 2 heteroatoms. The van der Waals surface area contributed by atoms with E-state index in [0.717, 1.165) is 25.8 Å². The number of methoxy groups -OCH3 is 1. The minimum absolute atomic E-state index is 0.121. The van der Waals surface area contributed by atoms with E-state index in [1.807, 2.05) is 12.1 Å². The number of rotatable bonds is 9. The van der Waals surface area contributed by atoms with Gasteiger partial charge in [-0.3, -0.25) is 0 Å². The van der Waals surface area contributed by atoms with E-state index in [0.29, 0.717) is 6.04 Å². The molecule has 0 fully saturated rings. The van der Waals surface area contributed by atoms with Gasteiger partial charge in [-0.2, -0.15) is 0 Å². The summed E-state index contributed by atoms with van der Waals surface area (Å²) < 4.78 is 5.69. The Kier molecular flexibility index (Phi) is 7.38. The average molecular weight is 247 g/mol. The smallest absolute Gasteiger partial charge is 0.0973 e. The van der Waals surface area contributed by atoms with Gasteiger partial charge in [0.05, 0.1) is 6.10 Å². The van der Waals surface area contributed by atoms with E-state index in [1.165, 1.54) is 5.56 Å². The Hall–Kier alpha value is -1.12. The van der Waals surface area contributed by atoms with Gasteiger partial charge in [-0.1, -0.05) is 43.3 Å². The van der Waals surface area contributed by atoms with E-state index in [2.05, 4.69) is 43.1 Å². The van der Waals surface area contributed by atoms with Crippen LogP contribution in [0.3, 0.4) is 0 Å². The van der Waals surface area contributed by atoms with Crippen molar-refractivity contribution in [3.8, 4) is 0 Å². The monoisotopic (exact) mass is 247 g/mol. The van der Waals surface area contributed by atoms with Crippen LogP contribution >= 0.6 is 0 Å². The zero-order valence-electron chi connectivity index (χ0n) is 11.6. The van der Waals surface area contributed by atoms with E-state index in [1.54, 1.807) is 7.11 Å². The van der Waals surface area contributed by atoms with Crippen LogP contribution in [0.25, 0.3) is 0 Å². The largest absolute Gasteiger partial charge is 0.375 e. The molecule has 0 aliphatic heterocycles. The summed E-state index contributed by atoms with van der Waals surface area (Å²) in [7, 11) is 1.79. The quantitative estimate of drug-likeness (QED) is 0.530. The van der Waals surface area contributed by atoms with Gasteiger partial charge < -0.3 is 10.1 Å². The van der Waals surface area contributed by atoms with Crippen LogP contribution in [0.4, 0.5) is 0 Å². The Morgan fingerprint density at radius 2 is 2.06 bits per heavy atom. The van der Waals surface area contributed by atoms with E-state index in [-0.39, 0.29) is 6.10 Å². The van der Waals surface area contributed by atoms with E-state index in [9.17, 15) is 0 Å². The first-order valence-corrected chi connectivity index (χ1v) is 6.75. The standard InChI is InChI=1S/C16H25NO/c1-4-6-8-13-15(17-5-2)16(18-3)14-11-9-7-10-12-14/h4,7,9-12,15-17H,1,5-6,8,13H2,2-3H3. The lowest BCUT2D eigenvalue weighted by molar-refractivity contribution is 0.0648. The maximum absolute atomic E-state index is 5.69. The van der Waals surface area contributed by atoms with Gasteiger partial charge in [0.15, 0.2) is 0 Å². The van der Waals surface area contributed by atoms with Crippen LogP contribution in [-0.2, 0) is 4.74 Å². The van der Waals surface area contributed by atoms with Crippen LogP contribution in [0, 0.1) is 0 Å². The van der Waals surface area contributed by atoms with E-state index >= 15 is 0 Å². The number of likely N-dealkylation sites (N-methyl/N-ethyl adjacent to an activating group) is 1. The van der Waals surface area contributed by atoms with Crippen molar-refractivity contribution in [1.29, 1.82) is 0 Å². The summed E-state index contributed by atoms with van der Waals surface area (Å²) in [4.78, 5) is 0. The van der Waals surface area contributed by atoms with Crippen LogP contribution in [0.5, 0.6) is 0 Å². The molecule has 1 N–H and O–H groups in total. The Balaban J connectivity index is 2.70. The number of unbranched alkanes of at least 4 members (excludes halogenated alkanes) is 1. The van der Waals surface area contributed by atoms with Crippen molar-refractivity contribution >= 4 is 0 Å². The van der Waals surface area contributed by atoms with Crippen LogP contribution in [0.15, 0.2) is 43.0 Å². The molecule has 1 aromatic rings. The zero-order chi connectivity index (χ0) is 13.2. The summed E-state index contributed by atoms with van der Waals surface area (Å²) in [5.74, 6) is 0. The molecule has 0 saturated carbocycles. The molecule has 0 amide bonds. The third-order valence-electron chi connectivity index (χ3n) is 3.14. The molecule has 0 aliphatic rings. The summed E-state index contributed by atoms with van der Waals surface area (Å²) in [5, 5.41) is 3.53. The number of hydrogen-bond acceptors (Lipinski definition) is 2. The first-order valence-electron chi connectivity index (χ1n) is 6.75. The van der Waals surface area contributed by atoms with Gasteiger partial charge in [0, 0.05) is 13.2 Å². The van der Waals surface area contributed by atoms with E-state index in [4.69, 9.17) is 4.74 Å². The van der Waals surface area contributed by atoms with Gasteiger partial charge in [0.1, 0.15) is 0 Å². The summed E-state index contributed by atoms with van der Waals surface area (Å²) in [6.07, 6.45) is 5.41. The molecule has 0 heterocycles. The number of hydrogen-bond donors (Lipinski definition) is 1. The highest BCUT2D eigenvalue weighted by atomic mass is 16.5. The first-order chi connectivity index (χ1) is 8.83. The molecule has 0 aliphatic carbocycles. The van der Waals surface area contributed by atoms with Gasteiger partial charge in [0.25, 0.3) is 0 Å². The van der Waals surface area contributed by atoms with Crippen LogP contribution in [-0.4, -0.2) is 19.7 Å². The number of ether oxygens (including phenoxy) is 1. The van der Waals surface area contributed by atoms with Gasteiger partial charge in [-0.15, -0.1) is 6.58 Å². The van der Waals surface area contributed by atoms with Crippen molar-refractivity contribution < 1.29 is 4.74 Å². The highest BCUT2D eigenvalue weighted by molar-refractivity contribution is 5.19. The normalized spacial score (nSPS) is 14.1. The zero-order valence-corrected chi connectivity index (χ0v) is 11.6. The Morgan fingerprint density at radius 1 is 1.33 bits per heavy atom. The number of benzene rings is 1. The molecule has 0 aromatic heterocycles. The summed E-state index contributed by atoms with van der Waals surface area (Å²) in [5.41, 5.74) is 1.24. The second kappa shape index (κ2) is 8.90. The van der Waals surface area contributed by atoms with Crippen molar-refractivity contribution in [1.82, 2.24) is 5.32 Å². The fourth-order valence-corrected chi connectivity index (χ4v) is 2.28. The molecule has 1 rings (SSSR count). The van der Waals surface area contributed by atoms with Crippen LogP contribution < -0.4 is 5.32 Å². The highest BCUT2D eigenvalue weighted by Crippen LogP contribution is 2.23. The van der Waals surface area contributed by atoms with Crippen molar-refractivity contribution in [3.63, 3.8) is 0 Å². The summed E-state index contributed by atoms with van der Waals surface area (Å²) >= 11 is 0. The summed E-state index contributed by atoms with van der Waals surface area (Å²) in [6, 6.07) is 10.8. The van der Waals surface area contributed by atoms with Crippen LogP contribution in [0.1, 0.15) is 37.9 Å². The molecule has 2 atom stereocenters. The average Bonchev–Trinajstić information content (AvgIpc) is 2.41. The maximum atomic E-state index is 5.69. The lowest BCUT2D eigenvalue weighted by Crippen LogP contribution is -2.35. The molecule has 0 saturated heterocycles. The third kappa shape index (κ3) is 4.63. The van der Waals surface area contributed by atoms with Gasteiger partial charge in [0.2, 0.25) is 0 Å². The molecule has 100 valence electrons. The minimum Gasteiger partial charge on any atom is -0.375 e. The fraction of sp³-hybridized carbons (Fsp3) is 0.500. The fourth-order valence-electron chi connectivity index (χ4n) is 2.28. The lowest BCUT2D eigenvalue weighted by Gasteiger charge is -2.27. The van der Waals surface area contributed by atoms with Crippen LogP contribution in [0.2, 0.25) is 0 Å².